The van der Waals surface area contributed by atoms with Crippen LogP contribution < -0.4 is 5.43 Å². The topological polar surface area (TPSA) is 78.8 Å². The zero-order valence-corrected chi connectivity index (χ0v) is 5.07. The highest BCUT2D eigenvalue weighted by Gasteiger charge is 2.23. The molecule has 1 heterocycles. The number of carbonyl (C=O) groups is 2. The molecular formula is C5H6N2O3. The van der Waals surface area contributed by atoms with Crippen molar-refractivity contribution in [3.05, 3.63) is 0 Å². The zero-order valence-electron chi connectivity index (χ0n) is 5.07. The first-order valence-corrected chi connectivity index (χ1v) is 2.74. The third-order valence-electron chi connectivity index (χ3n) is 1.21. The fourth-order valence-corrected chi connectivity index (χ4v) is 0.678. The molecule has 1 unspecified atom stereocenters. The van der Waals surface area contributed by atoms with Crippen LogP contribution in [-0.2, 0) is 9.59 Å². The van der Waals surface area contributed by atoms with Crippen molar-refractivity contribution < 1.29 is 14.7 Å². The maximum atomic E-state index is 10.2. The van der Waals surface area contributed by atoms with E-state index in [1.807, 2.05) is 0 Å². The van der Waals surface area contributed by atoms with Gasteiger partial charge in [-0.3, -0.25) is 10.2 Å². The molecule has 0 spiro atoms. The summed E-state index contributed by atoms with van der Waals surface area (Å²) in [6, 6.07) is -0.722. The largest absolute Gasteiger partial charge is 0.480 e. The standard InChI is InChI=1S/C5H6N2O3/c8-2-3-1-4(5(9)10)7-6-3/h2,4,7H,1H2,(H,9,10). The Morgan fingerprint density at radius 1 is 1.90 bits per heavy atom. The van der Waals surface area contributed by atoms with Crippen LogP contribution in [0, 0.1) is 0 Å². The first kappa shape index (κ1) is 6.73. The van der Waals surface area contributed by atoms with Crippen LogP contribution in [0.2, 0.25) is 0 Å². The number of carbonyl (C=O) groups excluding carboxylic acids is 1. The van der Waals surface area contributed by atoms with Crippen LogP contribution in [0.5, 0.6) is 0 Å². The van der Waals surface area contributed by atoms with E-state index in [9.17, 15) is 9.59 Å². The van der Waals surface area contributed by atoms with Gasteiger partial charge in [0.05, 0.1) is 0 Å². The summed E-state index contributed by atoms with van der Waals surface area (Å²) in [5.74, 6) is -0.986. The second-order valence-electron chi connectivity index (χ2n) is 1.95. The van der Waals surface area contributed by atoms with Gasteiger partial charge in [-0.2, -0.15) is 5.10 Å². The molecule has 0 aromatic carbocycles. The fourth-order valence-electron chi connectivity index (χ4n) is 0.678. The average Bonchev–Trinajstić information content (AvgIpc) is 2.34. The van der Waals surface area contributed by atoms with Gasteiger partial charge in [0.15, 0.2) is 6.29 Å². The molecule has 54 valence electrons. The Balaban J connectivity index is 2.51. The number of aldehydes is 1. The normalized spacial score (nSPS) is 23.2. The van der Waals surface area contributed by atoms with Crippen LogP contribution in [0.1, 0.15) is 6.42 Å². The van der Waals surface area contributed by atoms with Crippen molar-refractivity contribution in [2.24, 2.45) is 5.10 Å². The molecule has 1 atom stereocenters. The number of hydrogen-bond donors (Lipinski definition) is 2. The summed E-state index contributed by atoms with van der Waals surface area (Å²) in [7, 11) is 0. The molecule has 0 aliphatic carbocycles. The molecule has 1 rings (SSSR count). The Morgan fingerprint density at radius 3 is 2.90 bits per heavy atom. The molecule has 0 saturated heterocycles. The maximum absolute atomic E-state index is 10.2. The summed E-state index contributed by atoms with van der Waals surface area (Å²) >= 11 is 0. The van der Waals surface area contributed by atoms with Gasteiger partial charge >= 0.3 is 5.97 Å². The quantitative estimate of drug-likeness (QED) is 0.484. The maximum Gasteiger partial charge on any atom is 0.328 e. The predicted molar refractivity (Wildman–Crippen MR) is 32.7 cm³/mol. The molecule has 0 fully saturated rings. The lowest BCUT2D eigenvalue weighted by Gasteiger charge is -1.99. The molecule has 0 aromatic heterocycles. The monoisotopic (exact) mass is 142 g/mol. The van der Waals surface area contributed by atoms with Crippen molar-refractivity contribution in [3.63, 3.8) is 0 Å². The van der Waals surface area contributed by atoms with Crippen LogP contribution in [0.4, 0.5) is 0 Å². The van der Waals surface area contributed by atoms with Crippen LogP contribution in [0.25, 0.3) is 0 Å². The second kappa shape index (κ2) is 2.47. The molecule has 0 saturated carbocycles. The van der Waals surface area contributed by atoms with E-state index in [1.54, 1.807) is 0 Å². The third kappa shape index (κ3) is 1.12. The molecule has 1 aliphatic heterocycles. The summed E-state index contributed by atoms with van der Waals surface area (Å²) in [6.07, 6.45) is 0.731. The first-order chi connectivity index (χ1) is 4.74. The lowest BCUT2D eigenvalue weighted by Crippen LogP contribution is -2.29. The van der Waals surface area contributed by atoms with Gasteiger partial charge in [0.2, 0.25) is 0 Å². The number of nitrogens with one attached hydrogen (secondary N) is 1. The van der Waals surface area contributed by atoms with Crippen molar-refractivity contribution >= 4 is 18.0 Å². The fraction of sp³-hybridized carbons (Fsp3) is 0.400. The van der Waals surface area contributed by atoms with Crippen LogP contribution in [0.15, 0.2) is 5.10 Å². The van der Waals surface area contributed by atoms with Gasteiger partial charge in [0.1, 0.15) is 11.8 Å². The van der Waals surface area contributed by atoms with Crippen LogP contribution in [-0.4, -0.2) is 29.1 Å². The SMILES string of the molecule is O=CC1=NNC(C(=O)O)C1. The van der Waals surface area contributed by atoms with Crippen molar-refractivity contribution in [3.8, 4) is 0 Å². The second-order valence-corrected chi connectivity index (χ2v) is 1.95. The van der Waals surface area contributed by atoms with Gasteiger partial charge in [0, 0.05) is 6.42 Å². The van der Waals surface area contributed by atoms with Gasteiger partial charge in [-0.25, -0.2) is 4.79 Å². The van der Waals surface area contributed by atoms with E-state index in [4.69, 9.17) is 5.11 Å². The Bertz CT molecular complexity index is 199. The van der Waals surface area contributed by atoms with E-state index in [2.05, 4.69) is 10.5 Å². The number of rotatable bonds is 2. The van der Waals surface area contributed by atoms with E-state index in [0.717, 1.165) is 0 Å². The summed E-state index contributed by atoms with van der Waals surface area (Å²) in [5, 5.41) is 11.8. The summed E-state index contributed by atoms with van der Waals surface area (Å²) < 4.78 is 0. The summed E-state index contributed by atoms with van der Waals surface area (Å²) in [5.41, 5.74) is 2.57. The molecule has 0 bridgehead atoms. The van der Waals surface area contributed by atoms with Crippen molar-refractivity contribution in [1.82, 2.24) is 5.43 Å². The Kier molecular flexibility index (Phi) is 1.66. The van der Waals surface area contributed by atoms with Crippen LogP contribution >= 0.6 is 0 Å². The zero-order chi connectivity index (χ0) is 7.56. The molecule has 10 heavy (non-hydrogen) atoms. The molecule has 0 radical (unpaired) electrons. The lowest BCUT2D eigenvalue weighted by atomic mass is 10.2. The van der Waals surface area contributed by atoms with E-state index in [-0.39, 0.29) is 12.1 Å². The molecular weight excluding hydrogens is 136 g/mol. The summed E-state index contributed by atoms with van der Waals surface area (Å²) in [4.78, 5) is 20.2. The molecule has 1 aliphatic rings. The van der Waals surface area contributed by atoms with E-state index in [1.165, 1.54) is 0 Å². The molecule has 5 heteroatoms. The minimum absolute atomic E-state index is 0.179. The van der Waals surface area contributed by atoms with Crippen molar-refractivity contribution in [1.29, 1.82) is 0 Å². The molecule has 0 amide bonds. The number of hydrazone groups is 1. The predicted octanol–water partition coefficient (Wildman–Crippen LogP) is -1.01. The van der Waals surface area contributed by atoms with Gasteiger partial charge in [-0.1, -0.05) is 0 Å². The molecule has 5 nitrogen and oxygen atoms in total. The van der Waals surface area contributed by atoms with E-state index < -0.39 is 12.0 Å². The Morgan fingerprint density at radius 2 is 2.60 bits per heavy atom. The highest BCUT2D eigenvalue weighted by atomic mass is 16.4. The van der Waals surface area contributed by atoms with Crippen LogP contribution in [0.3, 0.4) is 0 Å². The highest BCUT2D eigenvalue weighted by Crippen LogP contribution is 2.00. The molecule has 2 N–H and O–H groups in total. The Labute approximate surface area is 56.7 Å². The Hall–Kier alpha value is -1.39. The average molecular weight is 142 g/mol. The number of aliphatic carboxylic acids is 1. The van der Waals surface area contributed by atoms with E-state index in [0.29, 0.717) is 6.29 Å². The number of nitrogens with zero attached hydrogens (tertiary/aromatic N) is 1. The summed E-state index contributed by atoms with van der Waals surface area (Å²) in [6.45, 7) is 0. The number of hydrogen-bond acceptors (Lipinski definition) is 4. The van der Waals surface area contributed by atoms with Crippen molar-refractivity contribution in [2.75, 3.05) is 0 Å². The number of carboxylic acid groups (broad SMARTS) is 1. The smallest absolute Gasteiger partial charge is 0.328 e. The minimum atomic E-state index is -0.986. The van der Waals surface area contributed by atoms with Crippen molar-refractivity contribution in [2.45, 2.75) is 12.5 Å². The van der Waals surface area contributed by atoms with Gasteiger partial charge in [0.25, 0.3) is 0 Å². The molecule has 0 aromatic rings. The highest BCUT2D eigenvalue weighted by molar-refractivity contribution is 6.29. The van der Waals surface area contributed by atoms with Gasteiger partial charge in [-0.05, 0) is 0 Å². The van der Waals surface area contributed by atoms with Gasteiger partial charge in [-0.15, -0.1) is 0 Å². The minimum Gasteiger partial charge on any atom is -0.480 e. The first-order valence-electron chi connectivity index (χ1n) is 2.74. The number of carboxylic acids is 1. The van der Waals surface area contributed by atoms with Gasteiger partial charge < -0.3 is 5.11 Å². The third-order valence-corrected chi connectivity index (χ3v) is 1.21. The lowest BCUT2D eigenvalue weighted by molar-refractivity contribution is -0.139. The van der Waals surface area contributed by atoms with E-state index >= 15 is 0 Å².